The van der Waals surface area contributed by atoms with Gasteiger partial charge in [-0.05, 0) is 37.3 Å². The fraction of sp³-hybridized carbons (Fsp3) is 0.235. The Morgan fingerprint density at radius 3 is 2.62 bits per heavy atom. The summed E-state index contributed by atoms with van der Waals surface area (Å²) in [5.41, 5.74) is 1.26. The number of aryl methyl sites for hydroxylation is 1. The van der Waals surface area contributed by atoms with E-state index in [9.17, 15) is 14.4 Å². The van der Waals surface area contributed by atoms with E-state index in [2.05, 4.69) is 10.6 Å². The Labute approximate surface area is 139 Å². The van der Waals surface area contributed by atoms with Gasteiger partial charge in [-0.2, -0.15) is 0 Å². The summed E-state index contributed by atoms with van der Waals surface area (Å²) >= 11 is 0. The molecule has 0 spiro atoms. The van der Waals surface area contributed by atoms with Crippen LogP contribution in [0.15, 0.2) is 42.6 Å². The number of aromatic nitrogens is 1. The van der Waals surface area contributed by atoms with Crippen LogP contribution >= 0.6 is 0 Å². The van der Waals surface area contributed by atoms with E-state index in [1.807, 2.05) is 6.92 Å². The van der Waals surface area contributed by atoms with Crippen molar-refractivity contribution in [2.45, 2.75) is 6.92 Å². The van der Waals surface area contributed by atoms with Crippen molar-refractivity contribution in [1.82, 2.24) is 9.88 Å². The average Bonchev–Trinajstić information content (AvgIpc) is 2.99. The van der Waals surface area contributed by atoms with Crippen LogP contribution < -0.4 is 10.6 Å². The van der Waals surface area contributed by atoms with Gasteiger partial charge in [0.15, 0.2) is 6.61 Å². The molecule has 2 rings (SSSR count). The van der Waals surface area contributed by atoms with Crippen molar-refractivity contribution in [3.05, 3.63) is 53.9 Å². The molecule has 0 radical (unpaired) electrons. The smallest absolute Gasteiger partial charge is 0.355 e. The Morgan fingerprint density at radius 1 is 1.17 bits per heavy atom. The first-order chi connectivity index (χ1) is 11.5. The molecule has 0 saturated heterocycles. The van der Waals surface area contributed by atoms with Gasteiger partial charge in [-0.1, -0.05) is 6.07 Å². The van der Waals surface area contributed by atoms with Crippen molar-refractivity contribution in [3.63, 3.8) is 0 Å². The molecule has 2 amide bonds. The zero-order valence-electron chi connectivity index (χ0n) is 13.5. The van der Waals surface area contributed by atoms with Gasteiger partial charge in [0.2, 0.25) is 0 Å². The van der Waals surface area contributed by atoms with Crippen molar-refractivity contribution < 1.29 is 19.1 Å². The lowest BCUT2D eigenvalue weighted by Crippen LogP contribution is -2.24. The molecule has 1 aromatic heterocycles. The topological polar surface area (TPSA) is 89.4 Å². The predicted molar refractivity (Wildman–Crippen MR) is 88.8 cm³/mol. The van der Waals surface area contributed by atoms with Gasteiger partial charge in [-0.3, -0.25) is 9.59 Å². The Hall–Kier alpha value is -3.09. The number of benzene rings is 1. The molecule has 24 heavy (non-hydrogen) atoms. The van der Waals surface area contributed by atoms with Gasteiger partial charge in [0.05, 0.1) is 0 Å². The molecule has 1 aromatic carbocycles. The van der Waals surface area contributed by atoms with Crippen LogP contribution in [0.25, 0.3) is 0 Å². The van der Waals surface area contributed by atoms with Gasteiger partial charge in [-0.15, -0.1) is 0 Å². The molecule has 2 aromatic rings. The number of nitrogens with one attached hydrogen (secondary N) is 2. The highest BCUT2D eigenvalue weighted by Gasteiger charge is 2.13. The van der Waals surface area contributed by atoms with Crippen LogP contribution in [0.3, 0.4) is 0 Å². The highest BCUT2D eigenvalue weighted by Crippen LogP contribution is 2.11. The second-order valence-electron chi connectivity index (χ2n) is 5.07. The third kappa shape index (κ3) is 4.45. The zero-order valence-corrected chi connectivity index (χ0v) is 13.5. The molecule has 0 aliphatic rings. The van der Waals surface area contributed by atoms with Crippen LogP contribution in [0.1, 0.15) is 27.8 Å². The molecule has 0 atom stereocenters. The largest absolute Gasteiger partial charge is 0.451 e. The number of hydrogen-bond acceptors (Lipinski definition) is 4. The molecular weight excluding hydrogens is 310 g/mol. The summed E-state index contributed by atoms with van der Waals surface area (Å²) in [4.78, 5) is 35.5. The van der Waals surface area contributed by atoms with Gasteiger partial charge in [0.25, 0.3) is 11.8 Å². The van der Waals surface area contributed by atoms with Crippen molar-refractivity contribution >= 4 is 23.5 Å². The summed E-state index contributed by atoms with van der Waals surface area (Å²) in [5, 5.41) is 5.27. The Kier molecular flexibility index (Phi) is 5.73. The van der Waals surface area contributed by atoms with Crippen LogP contribution in [0, 0.1) is 0 Å². The van der Waals surface area contributed by atoms with E-state index >= 15 is 0 Å². The van der Waals surface area contributed by atoms with E-state index < -0.39 is 18.5 Å². The van der Waals surface area contributed by atoms with Crippen LogP contribution in [0.5, 0.6) is 0 Å². The minimum Gasteiger partial charge on any atom is -0.451 e. The molecule has 0 fully saturated rings. The minimum absolute atomic E-state index is 0.219. The summed E-state index contributed by atoms with van der Waals surface area (Å²) in [6.45, 7) is 1.94. The third-order valence-electron chi connectivity index (χ3n) is 3.23. The lowest BCUT2D eigenvalue weighted by atomic mass is 10.2. The maximum atomic E-state index is 11.9. The Morgan fingerprint density at radius 2 is 1.96 bits per heavy atom. The van der Waals surface area contributed by atoms with E-state index in [0.717, 1.165) is 0 Å². The van der Waals surface area contributed by atoms with Gasteiger partial charge in [0.1, 0.15) is 5.69 Å². The molecule has 7 heteroatoms. The molecule has 0 aliphatic carbocycles. The standard InChI is InChI=1S/C17H19N3O4/c1-3-18-16(22)12-6-4-7-13(10-12)19-15(21)11-24-17(23)14-8-5-9-20(14)2/h4-10H,3,11H2,1-2H3,(H,18,22)(H,19,21). The summed E-state index contributed by atoms with van der Waals surface area (Å²) < 4.78 is 6.57. The second-order valence-corrected chi connectivity index (χ2v) is 5.07. The van der Waals surface area contributed by atoms with E-state index in [1.165, 1.54) is 0 Å². The lowest BCUT2D eigenvalue weighted by molar-refractivity contribution is -0.119. The predicted octanol–water partition coefficient (Wildman–Crippen LogP) is 1.57. The van der Waals surface area contributed by atoms with Gasteiger partial charge in [-0.25, -0.2) is 4.79 Å². The number of esters is 1. The minimum atomic E-state index is -0.575. The van der Waals surface area contributed by atoms with Crippen LogP contribution in [0.2, 0.25) is 0 Å². The van der Waals surface area contributed by atoms with Gasteiger partial charge < -0.3 is 19.9 Å². The highest BCUT2D eigenvalue weighted by atomic mass is 16.5. The number of ether oxygens (including phenoxy) is 1. The van der Waals surface area contributed by atoms with Crippen molar-refractivity contribution in [2.24, 2.45) is 7.05 Å². The molecular formula is C17H19N3O4. The molecule has 2 N–H and O–H groups in total. The zero-order chi connectivity index (χ0) is 17.5. The van der Waals surface area contributed by atoms with E-state index in [1.54, 1.807) is 54.2 Å². The first-order valence-electron chi connectivity index (χ1n) is 7.48. The first kappa shape index (κ1) is 17.3. The summed E-state index contributed by atoms with van der Waals surface area (Å²) in [7, 11) is 1.71. The quantitative estimate of drug-likeness (QED) is 0.787. The Bertz CT molecular complexity index is 752. The summed E-state index contributed by atoms with van der Waals surface area (Å²) in [6.07, 6.45) is 1.71. The number of anilines is 1. The van der Waals surface area contributed by atoms with Crippen LogP contribution in [-0.4, -0.2) is 35.5 Å². The van der Waals surface area contributed by atoms with Crippen molar-refractivity contribution in [2.75, 3.05) is 18.5 Å². The number of carbonyl (C=O) groups is 3. The molecule has 0 unspecified atom stereocenters. The van der Waals surface area contributed by atoms with Crippen LogP contribution in [-0.2, 0) is 16.6 Å². The lowest BCUT2D eigenvalue weighted by Gasteiger charge is -2.08. The number of nitrogens with zero attached hydrogens (tertiary/aromatic N) is 1. The Balaban J connectivity index is 1.90. The first-order valence-corrected chi connectivity index (χ1v) is 7.48. The average molecular weight is 329 g/mol. The number of carbonyl (C=O) groups excluding carboxylic acids is 3. The monoisotopic (exact) mass is 329 g/mol. The maximum Gasteiger partial charge on any atom is 0.355 e. The maximum absolute atomic E-state index is 11.9. The fourth-order valence-corrected chi connectivity index (χ4v) is 2.08. The number of hydrogen-bond donors (Lipinski definition) is 2. The molecule has 7 nitrogen and oxygen atoms in total. The summed E-state index contributed by atoms with van der Waals surface area (Å²) in [6, 6.07) is 9.84. The van der Waals surface area contributed by atoms with Crippen molar-refractivity contribution in [3.8, 4) is 0 Å². The summed E-state index contributed by atoms with van der Waals surface area (Å²) in [5.74, 6) is -1.27. The fourth-order valence-electron chi connectivity index (χ4n) is 2.08. The third-order valence-corrected chi connectivity index (χ3v) is 3.23. The molecule has 0 saturated carbocycles. The number of rotatable bonds is 6. The molecule has 0 aliphatic heterocycles. The van der Waals surface area contributed by atoms with Gasteiger partial charge in [0, 0.05) is 31.0 Å². The van der Waals surface area contributed by atoms with Crippen LogP contribution in [0.4, 0.5) is 5.69 Å². The molecule has 1 heterocycles. The van der Waals surface area contributed by atoms with E-state index in [4.69, 9.17) is 4.74 Å². The SMILES string of the molecule is CCNC(=O)c1cccc(NC(=O)COC(=O)c2cccn2C)c1. The van der Waals surface area contributed by atoms with E-state index in [0.29, 0.717) is 23.5 Å². The molecule has 126 valence electrons. The second kappa shape index (κ2) is 7.96. The highest BCUT2D eigenvalue weighted by molar-refractivity contribution is 5.98. The molecule has 0 bridgehead atoms. The van der Waals surface area contributed by atoms with E-state index in [-0.39, 0.29) is 5.91 Å². The van der Waals surface area contributed by atoms with Crippen molar-refractivity contribution in [1.29, 1.82) is 0 Å². The van der Waals surface area contributed by atoms with Gasteiger partial charge >= 0.3 is 5.97 Å². The normalized spacial score (nSPS) is 10.1. The number of amides is 2.